The van der Waals surface area contributed by atoms with Gasteiger partial charge in [-0.2, -0.15) is 0 Å². The molecule has 0 aliphatic carbocycles. The monoisotopic (exact) mass is 386 g/mol. The van der Waals surface area contributed by atoms with E-state index in [4.69, 9.17) is 0 Å². The molecule has 0 aromatic carbocycles. The second-order valence-corrected chi connectivity index (χ2v) is 9.93. The smallest absolute Gasteiger partial charge is 0.314 e. The number of hydrogen-bond donors (Lipinski definition) is 0. The summed E-state index contributed by atoms with van der Waals surface area (Å²) < 4.78 is 24.2. The third-order valence-electron chi connectivity index (χ3n) is 5.74. The van der Waals surface area contributed by atoms with E-state index in [1.807, 2.05) is 28.1 Å². The molecule has 0 aliphatic heterocycles. The fourth-order valence-electron chi connectivity index (χ4n) is 3.76. The fraction of sp³-hybridized carbons (Fsp3) is 0.909. The van der Waals surface area contributed by atoms with E-state index in [1.165, 1.54) is 64.2 Å². The van der Waals surface area contributed by atoms with Crippen molar-refractivity contribution in [2.24, 2.45) is 0 Å². The maximum absolute atomic E-state index is 11.9. The van der Waals surface area contributed by atoms with E-state index < -0.39 is 13.0 Å². The minimum atomic E-state index is -2.43. The van der Waals surface area contributed by atoms with Gasteiger partial charge in [0.05, 0.1) is 21.1 Å². The van der Waals surface area contributed by atoms with Crippen LogP contribution < -0.4 is 0 Å². The van der Waals surface area contributed by atoms with Crippen LogP contribution in [0, 0.1) is 0 Å². The molecular formula is C22H45NO2P+. The number of nitrogens with zero attached hydrogens (tertiary/aromatic N) is 1. The van der Waals surface area contributed by atoms with Crippen molar-refractivity contribution in [2.45, 2.75) is 109 Å². The van der Waals surface area contributed by atoms with E-state index in [1.54, 1.807) is 0 Å². The molecule has 0 aromatic heterocycles. The summed E-state index contributed by atoms with van der Waals surface area (Å²) in [6, 6.07) is 0. The number of unbranched alkanes of at least 4 members (excludes halogenated alkanes) is 10. The number of allylic oxidation sites excluding steroid dienone is 2. The second kappa shape index (κ2) is 14.6. The Kier molecular flexibility index (Phi) is 14.4. The van der Waals surface area contributed by atoms with Gasteiger partial charge in [-0.05, 0) is 25.7 Å². The van der Waals surface area contributed by atoms with E-state index in [-0.39, 0.29) is 0 Å². The SMILES string of the molecule is CCCCCCCCCCCC=CCCCC(CC)(P(=O)=O)[N+](C)(C)C. The Morgan fingerprint density at radius 1 is 0.731 bits per heavy atom. The minimum absolute atomic E-state index is 0.490. The van der Waals surface area contributed by atoms with Crippen LogP contribution in [0.25, 0.3) is 0 Å². The molecule has 1 unspecified atom stereocenters. The fourth-order valence-corrected chi connectivity index (χ4v) is 4.85. The van der Waals surface area contributed by atoms with Crippen LogP contribution in [-0.2, 0) is 9.13 Å². The number of quaternary nitrogens is 1. The molecule has 0 fully saturated rings. The minimum Gasteiger partial charge on any atom is -0.314 e. The van der Waals surface area contributed by atoms with Crippen molar-refractivity contribution < 1.29 is 13.6 Å². The lowest BCUT2D eigenvalue weighted by atomic mass is 10.0. The first-order valence-electron chi connectivity index (χ1n) is 10.9. The van der Waals surface area contributed by atoms with Crippen LogP contribution in [0.1, 0.15) is 104 Å². The average Bonchev–Trinajstić information content (AvgIpc) is 2.57. The van der Waals surface area contributed by atoms with Crippen LogP contribution in [0.2, 0.25) is 0 Å². The summed E-state index contributed by atoms with van der Waals surface area (Å²) in [6.45, 7) is 4.26. The van der Waals surface area contributed by atoms with Gasteiger partial charge in [0.15, 0.2) is 0 Å². The molecule has 4 heteroatoms. The summed E-state index contributed by atoms with van der Waals surface area (Å²) in [5, 5.41) is -0.625. The molecule has 1 atom stereocenters. The topological polar surface area (TPSA) is 34.1 Å². The van der Waals surface area contributed by atoms with Crippen molar-refractivity contribution in [2.75, 3.05) is 21.1 Å². The quantitative estimate of drug-likeness (QED) is 0.111. The maximum atomic E-state index is 11.9. The maximum Gasteiger partial charge on any atom is 0.378 e. The van der Waals surface area contributed by atoms with Crippen LogP contribution >= 0.6 is 7.68 Å². The highest BCUT2D eigenvalue weighted by atomic mass is 31.1. The lowest BCUT2D eigenvalue weighted by Gasteiger charge is -2.40. The summed E-state index contributed by atoms with van der Waals surface area (Å²) in [5.41, 5.74) is 0. The molecule has 0 bridgehead atoms. The average molecular weight is 387 g/mol. The molecule has 0 heterocycles. The van der Waals surface area contributed by atoms with Crippen molar-refractivity contribution in [1.29, 1.82) is 0 Å². The van der Waals surface area contributed by atoms with Gasteiger partial charge in [0.25, 0.3) is 0 Å². The van der Waals surface area contributed by atoms with Gasteiger partial charge in [0.1, 0.15) is 0 Å². The van der Waals surface area contributed by atoms with E-state index in [9.17, 15) is 9.13 Å². The molecule has 0 rings (SSSR count). The first kappa shape index (κ1) is 25.6. The molecule has 0 amide bonds. The molecule has 0 aliphatic rings. The van der Waals surface area contributed by atoms with Crippen molar-refractivity contribution in [3.05, 3.63) is 12.2 Å². The van der Waals surface area contributed by atoms with Crippen molar-refractivity contribution in [3.63, 3.8) is 0 Å². The third-order valence-corrected chi connectivity index (χ3v) is 7.56. The van der Waals surface area contributed by atoms with Gasteiger partial charge in [-0.15, -0.1) is 0 Å². The van der Waals surface area contributed by atoms with Gasteiger partial charge in [-0.25, -0.2) is 9.13 Å². The summed E-state index contributed by atoms with van der Waals surface area (Å²) >= 11 is 0. The van der Waals surface area contributed by atoms with Gasteiger partial charge in [-0.3, -0.25) is 0 Å². The van der Waals surface area contributed by atoms with E-state index in [0.717, 1.165) is 19.3 Å². The third kappa shape index (κ3) is 10.1. The van der Waals surface area contributed by atoms with Crippen molar-refractivity contribution >= 4 is 7.68 Å². The summed E-state index contributed by atoms with van der Waals surface area (Å²) in [7, 11) is 3.55. The first-order valence-corrected chi connectivity index (χ1v) is 12.1. The molecule has 0 aromatic rings. The zero-order chi connectivity index (χ0) is 19.9. The Morgan fingerprint density at radius 2 is 1.19 bits per heavy atom. The van der Waals surface area contributed by atoms with E-state index in [2.05, 4.69) is 19.1 Å². The van der Waals surface area contributed by atoms with Gasteiger partial charge >= 0.3 is 7.68 Å². The first-order chi connectivity index (χ1) is 12.3. The Morgan fingerprint density at radius 3 is 1.62 bits per heavy atom. The standard InChI is InChI=1S/C22H45NO2P/c1-6-8-9-10-11-12-13-14-15-16-17-18-19-20-21-22(7-2,26(24)25)23(3,4)5/h17-18H,6-16,19-21H2,1-5H3/q+1. The van der Waals surface area contributed by atoms with Gasteiger partial charge in [-0.1, -0.05) is 77.4 Å². The normalized spacial score (nSPS) is 14.7. The van der Waals surface area contributed by atoms with E-state index in [0.29, 0.717) is 10.9 Å². The van der Waals surface area contributed by atoms with Gasteiger partial charge in [0, 0.05) is 12.8 Å². The van der Waals surface area contributed by atoms with Gasteiger partial charge in [0.2, 0.25) is 5.28 Å². The molecule has 3 nitrogen and oxygen atoms in total. The zero-order valence-corrected chi connectivity index (χ0v) is 19.2. The highest BCUT2D eigenvalue weighted by Crippen LogP contribution is 2.42. The molecule has 0 saturated carbocycles. The van der Waals surface area contributed by atoms with Gasteiger partial charge < -0.3 is 4.48 Å². The number of hydrogen-bond acceptors (Lipinski definition) is 2. The summed E-state index contributed by atoms with van der Waals surface area (Å²) in [5.74, 6) is 0. The van der Waals surface area contributed by atoms with Crippen molar-refractivity contribution in [3.8, 4) is 0 Å². The predicted octanol–water partition coefficient (Wildman–Crippen LogP) is 7.62. The second-order valence-electron chi connectivity index (χ2n) is 8.59. The predicted molar refractivity (Wildman–Crippen MR) is 114 cm³/mol. The Labute approximate surface area is 164 Å². The Bertz CT molecular complexity index is 430. The zero-order valence-electron chi connectivity index (χ0n) is 18.3. The Hall–Kier alpha value is -0.400. The van der Waals surface area contributed by atoms with Crippen LogP contribution in [0.4, 0.5) is 0 Å². The lowest BCUT2D eigenvalue weighted by Crippen LogP contribution is -2.53. The van der Waals surface area contributed by atoms with Crippen LogP contribution in [0.15, 0.2) is 12.2 Å². The van der Waals surface area contributed by atoms with E-state index >= 15 is 0 Å². The summed E-state index contributed by atoms with van der Waals surface area (Å²) in [6.07, 6.45) is 21.4. The largest absolute Gasteiger partial charge is 0.378 e. The molecule has 0 N–H and O–H groups in total. The molecule has 26 heavy (non-hydrogen) atoms. The Balaban J connectivity index is 3.81. The molecule has 0 saturated heterocycles. The number of rotatable bonds is 17. The van der Waals surface area contributed by atoms with Crippen LogP contribution in [-0.4, -0.2) is 30.9 Å². The van der Waals surface area contributed by atoms with Crippen LogP contribution in [0.5, 0.6) is 0 Å². The molecule has 154 valence electrons. The lowest BCUT2D eigenvalue weighted by molar-refractivity contribution is -0.908. The summed E-state index contributed by atoms with van der Waals surface area (Å²) in [4.78, 5) is 0. The van der Waals surface area contributed by atoms with Crippen molar-refractivity contribution in [1.82, 2.24) is 0 Å². The highest BCUT2D eigenvalue weighted by molar-refractivity contribution is 7.32. The highest BCUT2D eigenvalue weighted by Gasteiger charge is 2.46. The van der Waals surface area contributed by atoms with Crippen LogP contribution in [0.3, 0.4) is 0 Å². The molecule has 0 spiro atoms. The molecular weight excluding hydrogens is 341 g/mol. The molecule has 0 radical (unpaired) electrons.